The van der Waals surface area contributed by atoms with Crippen molar-refractivity contribution in [1.82, 2.24) is 4.90 Å². The van der Waals surface area contributed by atoms with Gasteiger partial charge in [-0.1, -0.05) is 6.07 Å². The smallest absolute Gasteiger partial charge is 0.325 e. The number of rotatable bonds is 5. The maximum absolute atomic E-state index is 12.1. The molecule has 0 saturated heterocycles. The van der Waals surface area contributed by atoms with Crippen LogP contribution in [0, 0.1) is 10.1 Å². The monoisotopic (exact) mass is 344 g/mol. The summed E-state index contributed by atoms with van der Waals surface area (Å²) in [5.41, 5.74) is -0.0913. The van der Waals surface area contributed by atoms with Crippen molar-refractivity contribution in [1.29, 1.82) is 0 Å². The van der Waals surface area contributed by atoms with Gasteiger partial charge in [0.2, 0.25) is 0 Å². The third-order valence-corrected chi connectivity index (χ3v) is 3.26. The van der Waals surface area contributed by atoms with Gasteiger partial charge in [-0.2, -0.15) is 0 Å². The number of likely N-dealkylation sites (N-methyl/N-ethyl adjacent to an activating group) is 1. The summed E-state index contributed by atoms with van der Waals surface area (Å²) in [5.74, 6) is -1.04. The molecule has 0 radical (unpaired) electrons. The average Bonchev–Trinajstić information content (AvgIpc) is 2.38. The molecule has 8 heteroatoms. The number of nitro benzene ring substituents is 1. The summed E-state index contributed by atoms with van der Waals surface area (Å²) >= 11 is 3.04. The van der Waals surface area contributed by atoms with Crippen LogP contribution in [0.4, 0.5) is 5.69 Å². The quantitative estimate of drug-likeness (QED) is 0.463. The molecule has 0 bridgehead atoms. The molecule has 0 aliphatic carbocycles. The van der Waals surface area contributed by atoms with Gasteiger partial charge in [0.25, 0.3) is 11.6 Å². The van der Waals surface area contributed by atoms with Crippen molar-refractivity contribution in [3.05, 3.63) is 38.3 Å². The van der Waals surface area contributed by atoms with Gasteiger partial charge in [0.1, 0.15) is 11.0 Å². The summed E-state index contributed by atoms with van der Waals surface area (Å²) in [7, 11) is 1.42. The maximum atomic E-state index is 12.1. The van der Waals surface area contributed by atoms with E-state index in [1.165, 1.54) is 25.2 Å². The molecule has 0 fully saturated rings. The normalized spacial score (nSPS) is 9.95. The SMILES string of the molecule is CCOC(=O)CN(C)C(=O)c1cccc([N+](=O)[O-])c1Br. The fraction of sp³-hybridized carbons (Fsp3) is 0.333. The molecule has 0 heterocycles. The fourth-order valence-electron chi connectivity index (χ4n) is 1.50. The predicted octanol–water partition coefficient (Wildman–Crippen LogP) is 1.99. The Kier molecular flexibility index (Phi) is 5.63. The van der Waals surface area contributed by atoms with Gasteiger partial charge >= 0.3 is 5.97 Å². The van der Waals surface area contributed by atoms with Gasteiger partial charge in [-0.3, -0.25) is 19.7 Å². The van der Waals surface area contributed by atoms with E-state index in [0.29, 0.717) is 0 Å². The van der Waals surface area contributed by atoms with Crippen molar-refractivity contribution in [3.8, 4) is 0 Å². The number of nitro groups is 1. The summed E-state index contributed by atoms with van der Waals surface area (Å²) in [6.45, 7) is 1.67. The Morgan fingerprint density at radius 3 is 2.65 bits per heavy atom. The Hall–Kier alpha value is -1.96. The van der Waals surface area contributed by atoms with E-state index < -0.39 is 16.8 Å². The van der Waals surface area contributed by atoms with Crippen LogP contribution in [0.1, 0.15) is 17.3 Å². The van der Waals surface area contributed by atoms with Gasteiger partial charge < -0.3 is 9.64 Å². The van der Waals surface area contributed by atoms with Gasteiger partial charge in [0.05, 0.1) is 17.1 Å². The lowest BCUT2D eigenvalue weighted by Crippen LogP contribution is -2.33. The molecule has 0 aliphatic rings. The second-order valence-electron chi connectivity index (χ2n) is 3.86. The van der Waals surface area contributed by atoms with Crippen molar-refractivity contribution in [3.63, 3.8) is 0 Å². The molecule has 0 unspecified atom stereocenters. The minimum Gasteiger partial charge on any atom is -0.465 e. The van der Waals surface area contributed by atoms with Crippen LogP contribution in [-0.4, -0.2) is 41.9 Å². The topological polar surface area (TPSA) is 89.8 Å². The van der Waals surface area contributed by atoms with Crippen LogP contribution in [0.2, 0.25) is 0 Å². The first-order valence-electron chi connectivity index (χ1n) is 5.72. The number of ether oxygens (including phenoxy) is 1. The third kappa shape index (κ3) is 3.77. The molecule has 0 spiro atoms. The molecule has 1 aromatic rings. The van der Waals surface area contributed by atoms with Crippen LogP contribution >= 0.6 is 15.9 Å². The predicted molar refractivity (Wildman–Crippen MR) is 74.4 cm³/mol. The highest BCUT2D eigenvalue weighted by molar-refractivity contribution is 9.10. The van der Waals surface area contributed by atoms with E-state index in [4.69, 9.17) is 4.74 Å². The van der Waals surface area contributed by atoms with E-state index in [9.17, 15) is 19.7 Å². The highest BCUT2D eigenvalue weighted by Gasteiger charge is 2.23. The Morgan fingerprint density at radius 2 is 2.10 bits per heavy atom. The number of carbonyl (C=O) groups excluding carboxylic acids is 2. The summed E-state index contributed by atoms with van der Waals surface area (Å²) in [6, 6.07) is 4.14. The van der Waals surface area contributed by atoms with Crippen LogP contribution in [0.5, 0.6) is 0 Å². The van der Waals surface area contributed by atoms with Crippen LogP contribution in [0.15, 0.2) is 22.7 Å². The minimum absolute atomic E-state index is 0.0886. The van der Waals surface area contributed by atoms with Crippen molar-refractivity contribution in [2.45, 2.75) is 6.92 Å². The minimum atomic E-state index is -0.591. The molecule has 0 aromatic heterocycles. The Bertz CT molecular complexity index is 547. The zero-order valence-corrected chi connectivity index (χ0v) is 12.5. The third-order valence-electron chi connectivity index (χ3n) is 2.42. The molecule has 1 amide bonds. The molecule has 0 N–H and O–H groups in total. The zero-order valence-electron chi connectivity index (χ0n) is 11.0. The van der Waals surface area contributed by atoms with Gasteiger partial charge in [-0.15, -0.1) is 0 Å². The maximum Gasteiger partial charge on any atom is 0.325 e. The average molecular weight is 345 g/mol. The van der Waals surface area contributed by atoms with E-state index in [1.807, 2.05) is 0 Å². The molecule has 0 aliphatic heterocycles. The Labute approximate surface area is 123 Å². The second-order valence-corrected chi connectivity index (χ2v) is 4.66. The van der Waals surface area contributed by atoms with Crippen molar-refractivity contribution >= 4 is 33.5 Å². The van der Waals surface area contributed by atoms with Crippen molar-refractivity contribution in [2.24, 2.45) is 0 Å². The van der Waals surface area contributed by atoms with Crippen LogP contribution in [0.3, 0.4) is 0 Å². The van der Waals surface area contributed by atoms with E-state index >= 15 is 0 Å². The van der Waals surface area contributed by atoms with Crippen molar-refractivity contribution in [2.75, 3.05) is 20.2 Å². The number of hydrogen-bond acceptors (Lipinski definition) is 5. The number of hydrogen-bond donors (Lipinski definition) is 0. The molecule has 7 nitrogen and oxygen atoms in total. The van der Waals surface area contributed by atoms with Crippen LogP contribution < -0.4 is 0 Å². The number of benzene rings is 1. The molecule has 1 aromatic carbocycles. The van der Waals surface area contributed by atoms with E-state index in [2.05, 4.69) is 15.9 Å². The number of esters is 1. The van der Waals surface area contributed by atoms with Gasteiger partial charge in [-0.05, 0) is 28.9 Å². The Morgan fingerprint density at radius 1 is 1.45 bits per heavy atom. The number of amides is 1. The molecule has 108 valence electrons. The number of halogens is 1. The highest BCUT2D eigenvalue weighted by Crippen LogP contribution is 2.28. The van der Waals surface area contributed by atoms with E-state index in [0.717, 1.165) is 4.90 Å². The molecular weight excluding hydrogens is 332 g/mol. The summed E-state index contributed by atoms with van der Waals surface area (Å²) in [5, 5.41) is 10.8. The lowest BCUT2D eigenvalue weighted by atomic mass is 10.2. The first-order chi connectivity index (χ1) is 9.38. The lowest BCUT2D eigenvalue weighted by molar-refractivity contribution is -0.385. The van der Waals surface area contributed by atoms with Crippen LogP contribution in [0.25, 0.3) is 0 Å². The number of carbonyl (C=O) groups is 2. The van der Waals surface area contributed by atoms with E-state index in [1.54, 1.807) is 6.92 Å². The lowest BCUT2D eigenvalue weighted by Gasteiger charge is -2.16. The standard InChI is InChI=1S/C12H13BrN2O5/c1-3-20-10(16)7-14(2)12(17)8-5-4-6-9(11(8)13)15(18)19/h4-6H,3,7H2,1-2H3. The molecule has 1 rings (SSSR count). The number of nitrogens with zero attached hydrogens (tertiary/aromatic N) is 2. The van der Waals surface area contributed by atoms with E-state index in [-0.39, 0.29) is 28.9 Å². The van der Waals surface area contributed by atoms with Gasteiger partial charge in [0, 0.05) is 13.1 Å². The molecule has 0 saturated carbocycles. The fourth-order valence-corrected chi connectivity index (χ4v) is 2.08. The first kappa shape index (κ1) is 16.1. The van der Waals surface area contributed by atoms with Crippen molar-refractivity contribution < 1.29 is 19.2 Å². The van der Waals surface area contributed by atoms with Crippen LogP contribution in [-0.2, 0) is 9.53 Å². The summed E-state index contributed by atoms with van der Waals surface area (Å²) in [6.07, 6.45) is 0. The highest BCUT2D eigenvalue weighted by atomic mass is 79.9. The largest absolute Gasteiger partial charge is 0.465 e. The molecular formula is C12H13BrN2O5. The Balaban J connectivity index is 2.95. The first-order valence-corrected chi connectivity index (χ1v) is 6.51. The van der Waals surface area contributed by atoms with Gasteiger partial charge in [0.15, 0.2) is 0 Å². The zero-order chi connectivity index (χ0) is 15.3. The summed E-state index contributed by atoms with van der Waals surface area (Å²) < 4.78 is 4.83. The second kappa shape index (κ2) is 6.99. The van der Waals surface area contributed by atoms with Gasteiger partial charge in [-0.25, -0.2) is 0 Å². The molecule has 20 heavy (non-hydrogen) atoms. The molecule has 0 atom stereocenters. The summed E-state index contributed by atoms with van der Waals surface area (Å²) in [4.78, 5) is 34.8.